The Kier molecular flexibility index (Phi) is 9.43. The first-order valence-electron chi connectivity index (χ1n) is 15.6. The maximum absolute atomic E-state index is 13.0. The molecule has 42 heavy (non-hydrogen) atoms. The first-order valence-corrected chi connectivity index (χ1v) is 19.5. The zero-order chi connectivity index (χ0) is 30.3. The summed E-state index contributed by atoms with van der Waals surface area (Å²) in [6, 6.07) is 6.07. The Morgan fingerprint density at radius 2 is 1.67 bits per heavy atom. The van der Waals surface area contributed by atoms with E-state index in [0.29, 0.717) is 24.0 Å². The molecule has 0 bridgehead atoms. The van der Waals surface area contributed by atoms with E-state index in [2.05, 4.69) is 65.5 Å². The summed E-state index contributed by atoms with van der Waals surface area (Å²) in [6.45, 7) is 15.6. The normalized spacial score (nSPS) is 25.8. The number of benzene rings is 1. The standard InChI is InChI=1S/C31H48F3N5OSSi/c1-30(2,3)42(5,6)40-26-14-8-22(9-15-26)28-35-36-29(37(28)4)41-19-7-17-38-20-23-16-18-39(27(23)21-38)25-12-10-24(11-13-25)31(32,33)34/h10-13,22-23,26-27H,7-9,14-21H2,1-6H3. The largest absolute Gasteiger partial charge is 0.416 e. The Morgan fingerprint density at radius 3 is 2.31 bits per heavy atom. The number of alkyl halides is 3. The van der Waals surface area contributed by atoms with E-state index in [4.69, 9.17) is 4.43 Å². The van der Waals surface area contributed by atoms with Crippen molar-refractivity contribution < 1.29 is 17.6 Å². The van der Waals surface area contributed by atoms with Crippen molar-refractivity contribution in [2.24, 2.45) is 13.0 Å². The number of hydrogen-bond donors (Lipinski definition) is 0. The molecule has 0 spiro atoms. The van der Waals surface area contributed by atoms with Crippen molar-refractivity contribution in [2.45, 2.75) is 107 Å². The predicted octanol–water partition coefficient (Wildman–Crippen LogP) is 7.57. The molecule has 11 heteroatoms. The third-order valence-electron chi connectivity index (χ3n) is 10.2. The van der Waals surface area contributed by atoms with E-state index in [9.17, 15) is 13.2 Å². The molecule has 3 aliphatic rings. The summed E-state index contributed by atoms with van der Waals surface area (Å²) in [5.41, 5.74) is 0.323. The molecule has 0 radical (unpaired) electrons. The lowest BCUT2D eigenvalue weighted by atomic mass is 9.87. The van der Waals surface area contributed by atoms with Crippen LogP contribution in [0.3, 0.4) is 0 Å². The highest BCUT2D eigenvalue weighted by molar-refractivity contribution is 7.99. The molecule has 1 saturated carbocycles. The molecular weight excluding hydrogens is 576 g/mol. The molecule has 0 N–H and O–H groups in total. The second-order valence-corrected chi connectivity index (χ2v) is 19.9. The molecule has 2 unspecified atom stereocenters. The minimum absolute atomic E-state index is 0.239. The molecule has 2 aromatic rings. The average molecular weight is 624 g/mol. The zero-order valence-electron chi connectivity index (χ0n) is 26.1. The maximum atomic E-state index is 13.0. The molecule has 3 fully saturated rings. The fourth-order valence-electron chi connectivity index (χ4n) is 6.69. The summed E-state index contributed by atoms with van der Waals surface area (Å²) in [6.07, 6.45) is 2.66. The summed E-state index contributed by atoms with van der Waals surface area (Å²) in [5, 5.41) is 10.4. The van der Waals surface area contributed by atoms with Gasteiger partial charge in [-0.1, -0.05) is 32.5 Å². The van der Waals surface area contributed by atoms with Gasteiger partial charge in [0, 0.05) is 56.2 Å². The number of rotatable bonds is 9. The molecule has 234 valence electrons. The van der Waals surface area contributed by atoms with Crippen molar-refractivity contribution in [1.29, 1.82) is 0 Å². The van der Waals surface area contributed by atoms with Gasteiger partial charge in [0.15, 0.2) is 13.5 Å². The molecule has 1 aromatic carbocycles. The number of halogens is 3. The van der Waals surface area contributed by atoms with Crippen LogP contribution in [0.15, 0.2) is 29.4 Å². The van der Waals surface area contributed by atoms with Crippen LogP contribution in [0.25, 0.3) is 0 Å². The zero-order valence-corrected chi connectivity index (χ0v) is 27.9. The van der Waals surface area contributed by atoms with Crippen molar-refractivity contribution >= 4 is 25.8 Å². The lowest BCUT2D eigenvalue weighted by Crippen LogP contribution is -2.44. The number of thioether (sulfide) groups is 1. The summed E-state index contributed by atoms with van der Waals surface area (Å²) in [7, 11) is 0.365. The second-order valence-electron chi connectivity index (χ2n) is 14.1. The number of hydrogen-bond acceptors (Lipinski definition) is 6. The summed E-state index contributed by atoms with van der Waals surface area (Å²) >= 11 is 1.79. The van der Waals surface area contributed by atoms with Crippen LogP contribution < -0.4 is 4.90 Å². The molecule has 0 amide bonds. The fourth-order valence-corrected chi connectivity index (χ4v) is 8.95. The number of likely N-dealkylation sites (tertiary alicyclic amines) is 1. The van der Waals surface area contributed by atoms with Crippen molar-refractivity contribution in [2.75, 3.05) is 36.8 Å². The van der Waals surface area contributed by atoms with Gasteiger partial charge in [0.05, 0.1) is 5.56 Å². The molecule has 6 nitrogen and oxygen atoms in total. The maximum Gasteiger partial charge on any atom is 0.416 e. The molecule has 3 heterocycles. The first-order chi connectivity index (χ1) is 19.7. The Balaban J connectivity index is 1.05. The lowest BCUT2D eigenvalue weighted by molar-refractivity contribution is -0.137. The van der Waals surface area contributed by atoms with Crippen molar-refractivity contribution in [1.82, 2.24) is 19.7 Å². The van der Waals surface area contributed by atoms with E-state index >= 15 is 0 Å². The van der Waals surface area contributed by atoms with Crippen LogP contribution in [0.4, 0.5) is 18.9 Å². The van der Waals surface area contributed by atoms with Crippen LogP contribution in [0.5, 0.6) is 0 Å². The number of fused-ring (bicyclic) bond motifs is 1. The van der Waals surface area contributed by atoms with Crippen LogP contribution in [-0.4, -0.2) is 72.1 Å². The number of nitrogens with zero attached hydrogens (tertiary/aromatic N) is 5. The number of aromatic nitrogens is 3. The third-order valence-corrected chi connectivity index (χ3v) is 15.8. The van der Waals surface area contributed by atoms with Gasteiger partial charge in [0.25, 0.3) is 0 Å². The Labute approximate surface area is 254 Å². The fraction of sp³-hybridized carbons (Fsp3) is 0.742. The second kappa shape index (κ2) is 12.4. The van der Waals surface area contributed by atoms with Gasteiger partial charge in [-0.25, -0.2) is 0 Å². The van der Waals surface area contributed by atoms with Crippen molar-refractivity contribution in [3.05, 3.63) is 35.7 Å². The highest BCUT2D eigenvalue weighted by Crippen LogP contribution is 2.41. The Morgan fingerprint density at radius 1 is 0.976 bits per heavy atom. The monoisotopic (exact) mass is 623 g/mol. The molecule has 5 rings (SSSR count). The topological polar surface area (TPSA) is 46.4 Å². The van der Waals surface area contributed by atoms with Crippen LogP contribution in [0.1, 0.15) is 76.6 Å². The third kappa shape index (κ3) is 7.05. The first kappa shape index (κ1) is 31.8. The Bertz CT molecular complexity index is 1190. The van der Waals surface area contributed by atoms with E-state index in [1.807, 2.05) is 0 Å². The average Bonchev–Trinajstić information content (AvgIpc) is 3.60. The van der Waals surface area contributed by atoms with Gasteiger partial charge in [-0.15, -0.1) is 10.2 Å². The smallest absolute Gasteiger partial charge is 0.414 e. The molecule has 2 aliphatic heterocycles. The van der Waals surface area contributed by atoms with E-state index < -0.39 is 20.1 Å². The van der Waals surface area contributed by atoms with Crippen LogP contribution in [-0.2, 0) is 17.6 Å². The minimum atomic E-state index is -4.29. The minimum Gasteiger partial charge on any atom is -0.414 e. The van der Waals surface area contributed by atoms with Crippen LogP contribution in [0, 0.1) is 5.92 Å². The van der Waals surface area contributed by atoms with Crippen LogP contribution >= 0.6 is 11.8 Å². The summed E-state index contributed by atoms with van der Waals surface area (Å²) in [4.78, 5) is 4.84. The summed E-state index contributed by atoms with van der Waals surface area (Å²) in [5.74, 6) is 3.14. The van der Waals surface area contributed by atoms with E-state index in [1.54, 1.807) is 23.9 Å². The van der Waals surface area contributed by atoms with E-state index in [1.165, 1.54) is 12.1 Å². The molecule has 1 aliphatic carbocycles. The molecule has 2 saturated heterocycles. The van der Waals surface area contributed by atoms with Gasteiger partial charge >= 0.3 is 6.18 Å². The Hall–Kier alpha value is -1.56. The van der Waals surface area contributed by atoms with Crippen molar-refractivity contribution in [3.63, 3.8) is 0 Å². The molecule has 2 atom stereocenters. The van der Waals surface area contributed by atoms with Gasteiger partial charge in [-0.3, -0.25) is 0 Å². The van der Waals surface area contributed by atoms with E-state index in [0.717, 1.165) is 87.1 Å². The van der Waals surface area contributed by atoms with Gasteiger partial charge in [-0.2, -0.15) is 13.2 Å². The van der Waals surface area contributed by atoms with Gasteiger partial charge in [-0.05, 0) is 93.4 Å². The molecular formula is C31H48F3N5OSSi. The van der Waals surface area contributed by atoms with Gasteiger partial charge < -0.3 is 18.8 Å². The number of anilines is 1. The predicted molar refractivity (Wildman–Crippen MR) is 167 cm³/mol. The highest BCUT2D eigenvalue weighted by atomic mass is 32.2. The highest BCUT2D eigenvalue weighted by Gasteiger charge is 2.42. The SMILES string of the molecule is Cn1c(SCCCN2CC3CCN(c4ccc(C(F)(F)F)cc4)C3C2)nnc1C1CCC(O[Si](C)(C)C(C)(C)C)CC1. The molecule has 1 aromatic heterocycles. The quantitative estimate of drug-likeness (QED) is 0.163. The van der Waals surface area contributed by atoms with E-state index in [-0.39, 0.29) is 5.04 Å². The van der Waals surface area contributed by atoms with Gasteiger partial charge in [0.2, 0.25) is 0 Å². The van der Waals surface area contributed by atoms with Gasteiger partial charge in [0.1, 0.15) is 5.82 Å². The summed E-state index contributed by atoms with van der Waals surface area (Å²) < 4.78 is 47.8. The lowest BCUT2D eigenvalue weighted by Gasteiger charge is -2.41. The van der Waals surface area contributed by atoms with Crippen molar-refractivity contribution in [3.8, 4) is 0 Å². The van der Waals surface area contributed by atoms with Crippen LogP contribution in [0.2, 0.25) is 18.1 Å².